The van der Waals surface area contributed by atoms with E-state index in [9.17, 15) is 0 Å². The molecule has 8 heavy (non-hydrogen) atoms. The molecule has 0 atom stereocenters. The average Bonchev–Trinajstić information content (AvgIpc) is 1.39. The molecule has 0 amide bonds. The second-order valence-corrected chi connectivity index (χ2v) is 0.414. The Hall–Kier alpha value is 1.78. The van der Waals surface area contributed by atoms with Crippen LogP contribution in [0.4, 0.5) is 0 Å². The van der Waals surface area contributed by atoms with Crippen molar-refractivity contribution in [2.45, 2.75) is 0 Å². The van der Waals surface area contributed by atoms with Crippen molar-refractivity contribution in [3.8, 4) is 0 Å². The quantitative estimate of drug-likeness (QED) is 0.355. The Morgan fingerprint density at radius 1 is 1.12 bits per heavy atom. The minimum absolute atomic E-state index is 0. The molecule has 0 aromatic heterocycles. The van der Waals surface area contributed by atoms with Gasteiger partial charge in [-0.05, 0) is 0 Å². The molecule has 4 nitrogen and oxygen atoms in total. The summed E-state index contributed by atoms with van der Waals surface area (Å²) in [5.41, 5.74) is 0. The molecule has 8 heteroatoms. The second-order valence-electron chi connectivity index (χ2n) is 0.138. The zero-order chi connectivity index (χ0) is 5.41. The van der Waals surface area contributed by atoms with E-state index in [2.05, 4.69) is 0 Å². The molecule has 0 fully saturated rings. The van der Waals surface area contributed by atoms with E-state index in [1.165, 1.54) is 0 Å². The van der Waals surface area contributed by atoms with Gasteiger partial charge < -0.3 is 13.6 Å². The zero-order valence-electron chi connectivity index (χ0n) is 7.17. The summed E-state index contributed by atoms with van der Waals surface area (Å²) in [6.07, 6.45) is 0. The molecule has 0 aliphatic carbocycles. The van der Waals surface area contributed by atoms with Crippen molar-refractivity contribution in [1.29, 1.82) is 0 Å². The molecule has 46 valence electrons. The van der Waals surface area contributed by atoms with E-state index in [4.69, 9.17) is 18.6 Å². The van der Waals surface area contributed by atoms with Crippen LogP contribution in [0.5, 0.6) is 0 Å². The molecule has 0 aromatic carbocycles. The van der Waals surface area contributed by atoms with Crippen LogP contribution in [0.25, 0.3) is 0 Å². The molecule has 0 aliphatic heterocycles. The molecule has 0 aliphatic rings. The molecular formula is H5Cl2LiMgO4. The molecule has 0 unspecified atom stereocenters. The summed E-state index contributed by atoms with van der Waals surface area (Å²) in [5.74, 6) is 0. The van der Waals surface area contributed by atoms with Gasteiger partial charge in [-0.2, -0.15) is 0 Å². The summed E-state index contributed by atoms with van der Waals surface area (Å²) in [6, 6.07) is 0. The van der Waals surface area contributed by atoms with Crippen LogP contribution in [-0.4, -0.2) is 32.4 Å². The van der Waals surface area contributed by atoms with E-state index < -0.39 is 0 Å². The van der Waals surface area contributed by atoms with Crippen LogP contribution in [0.1, 0.15) is 4.28 Å². The van der Waals surface area contributed by atoms with Gasteiger partial charge in [0, 0.05) is 0 Å². The smallest absolute Gasteiger partial charge is 1.00 e. The Bertz CT molecular complexity index is 25.3. The van der Waals surface area contributed by atoms with E-state index >= 15 is 0 Å². The fraction of sp³-hybridized carbons (Fsp3) is 0. The van der Waals surface area contributed by atoms with Gasteiger partial charge in [0.1, 0.15) is 0 Å². The van der Waals surface area contributed by atoms with E-state index in [0.29, 0.717) is 0 Å². The maximum absolute atomic E-state index is 8.35. The molecule has 0 saturated heterocycles. The second kappa shape index (κ2) is 37.2. The third-order valence-corrected chi connectivity index (χ3v) is 0. The van der Waals surface area contributed by atoms with Crippen LogP contribution in [0.2, 0.25) is 0 Å². The first-order valence-electron chi connectivity index (χ1n) is 0.647. The third kappa shape index (κ3) is 113. The molecule has 0 aromatic rings. The number of hydrogen-bond acceptors (Lipinski definition) is 4. The summed E-state index contributed by atoms with van der Waals surface area (Å²) in [7, 11) is 0. The molecule has 0 bridgehead atoms. The topological polar surface area (TPSA) is 86.6 Å². The third-order valence-electron chi connectivity index (χ3n) is 0. The van der Waals surface area contributed by atoms with Crippen LogP contribution in [0, 0.1) is 22.7 Å². The van der Waals surface area contributed by atoms with Crippen molar-refractivity contribution < 1.29 is 64.4 Å². The van der Waals surface area contributed by atoms with Crippen molar-refractivity contribution in [3.05, 3.63) is 0 Å². The van der Waals surface area contributed by atoms with Gasteiger partial charge in [-0.25, -0.2) is 0 Å². The van der Waals surface area contributed by atoms with Gasteiger partial charge in [0.15, 0.2) is 0 Å². The Balaban J connectivity index is -0.00000000400. The molecular weight excluding hydrogens is 166 g/mol. The predicted molar refractivity (Wildman–Crippen MR) is 13.5 cm³/mol. The zero-order valence-corrected chi connectivity index (χ0v) is 7.10. The summed E-state index contributed by atoms with van der Waals surface area (Å²) in [5, 5.41) is 0. The first-order chi connectivity index (χ1) is 2.83. The Labute approximate surface area is 87.2 Å². The van der Waals surface area contributed by atoms with Crippen LogP contribution in [0.3, 0.4) is 0 Å². The van der Waals surface area contributed by atoms with Gasteiger partial charge in [0.05, 0.1) is 0 Å². The van der Waals surface area contributed by atoms with Gasteiger partial charge >= 0.3 is 64.6 Å². The number of halogens is 2. The first kappa shape index (κ1) is 22.6. The largest absolute Gasteiger partial charge is 2.00 e. The van der Waals surface area contributed by atoms with E-state index in [0.717, 1.165) is 0 Å². The van der Waals surface area contributed by atoms with Gasteiger partial charge in [-0.3, -0.25) is 0 Å². The van der Waals surface area contributed by atoms with Crippen LogP contribution in [-0.2, 0) is 0 Å². The standard InChI is InChI=1S/2ClHO2.Li.Mg.3H/c2*2-1-3;;;;;/h2*2H;;;;;/q;;+1;+2;3*-1. The monoisotopic (exact) mass is 170 g/mol. The molecule has 0 heterocycles. The molecule has 0 rings (SSSR count). The maximum Gasteiger partial charge on any atom is 2.00 e. The van der Waals surface area contributed by atoms with Crippen molar-refractivity contribution >= 4 is 23.1 Å². The fourth-order valence-electron chi connectivity index (χ4n) is 0. The fourth-order valence-corrected chi connectivity index (χ4v) is 0. The van der Waals surface area contributed by atoms with Crippen molar-refractivity contribution in [1.82, 2.24) is 0 Å². The van der Waals surface area contributed by atoms with Crippen molar-refractivity contribution in [2.24, 2.45) is 0 Å². The molecule has 0 spiro atoms. The van der Waals surface area contributed by atoms with Crippen LogP contribution >= 0.6 is 0 Å². The van der Waals surface area contributed by atoms with E-state index in [1.54, 1.807) is 0 Å². The number of rotatable bonds is 0. The van der Waals surface area contributed by atoms with Gasteiger partial charge in [-0.15, -0.1) is 9.32 Å². The summed E-state index contributed by atoms with van der Waals surface area (Å²) < 4.78 is 30.4. The Morgan fingerprint density at radius 3 is 1.12 bits per heavy atom. The van der Waals surface area contributed by atoms with Crippen molar-refractivity contribution in [3.63, 3.8) is 0 Å². The van der Waals surface area contributed by atoms with Gasteiger partial charge in [0.25, 0.3) is 0 Å². The Morgan fingerprint density at radius 2 is 1.12 bits per heavy atom. The van der Waals surface area contributed by atoms with E-state index in [1.807, 2.05) is 0 Å². The number of hydrogen-bond donors (Lipinski definition) is 2. The predicted octanol–water partition coefficient (Wildman–Crippen LogP) is -6.53. The summed E-state index contributed by atoms with van der Waals surface area (Å²) in [4.78, 5) is 0. The SMILES string of the molecule is [H-].[H-].[H-].[Li+].[Mg+2].[O-][Cl+]O.[O-][Cl+]O. The maximum atomic E-state index is 8.35. The van der Waals surface area contributed by atoms with Gasteiger partial charge in [-0.1, -0.05) is 0 Å². The summed E-state index contributed by atoms with van der Waals surface area (Å²) in [6.45, 7) is 0. The first-order valence-corrected chi connectivity index (χ1v) is 1.94. The molecule has 0 saturated carbocycles. The van der Waals surface area contributed by atoms with E-state index in [-0.39, 0.29) is 68.8 Å². The Kier molecular flexibility index (Phi) is 105. The minimum Gasteiger partial charge on any atom is -1.00 e. The van der Waals surface area contributed by atoms with Crippen LogP contribution < -0.4 is 28.2 Å². The molecule has 2 N–H and O–H groups in total. The average molecular weight is 171 g/mol. The normalized spacial score (nSPS) is 4.50. The minimum atomic E-state index is -0.167. The van der Waals surface area contributed by atoms with Crippen molar-refractivity contribution in [2.75, 3.05) is 0 Å². The van der Waals surface area contributed by atoms with Gasteiger partial charge in [0.2, 0.25) is 0 Å². The van der Waals surface area contributed by atoms with Crippen LogP contribution in [0.15, 0.2) is 0 Å². The summed E-state index contributed by atoms with van der Waals surface area (Å²) >= 11 is -0.333. The molecule has 0 radical (unpaired) electrons.